The first-order valence-electron chi connectivity index (χ1n) is 4.67. The van der Waals surface area contributed by atoms with Crippen molar-refractivity contribution in [3.8, 4) is 0 Å². The molecule has 0 atom stereocenters. The first-order valence-corrected chi connectivity index (χ1v) is 4.67. The highest BCUT2D eigenvalue weighted by atomic mass is 15.1. The van der Waals surface area contributed by atoms with E-state index in [2.05, 4.69) is 15.3 Å². The van der Waals surface area contributed by atoms with Crippen molar-refractivity contribution < 1.29 is 0 Å². The minimum absolute atomic E-state index is 0.272. The Morgan fingerprint density at radius 1 is 1.20 bits per heavy atom. The summed E-state index contributed by atoms with van der Waals surface area (Å²) in [6.07, 6.45) is 1.63. The van der Waals surface area contributed by atoms with E-state index in [0.717, 1.165) is 11.3 Å². The molecule has 4 heteroatoms. The molecule has 0 unspecified atom stereocenters. The average molecular weight is 200 g/mol. The summed E-state index contributed by atoms with van der Waals surface area (Å²) >= 11 is 0. The Hall–Kier alpha value is -2.10. The number of nitrogen functional groups attached to an aromatic ring is 1. The predicted octanol–water partition coefficient (Wildman–Crippen LogP) is 2.11. The third-order valence-electron chi connectivity index (χ3n) is 2.08. The lowest BCUT2D eigenvalue weighted by atomic mass is 10.2. The van der Waals surface area contributed by atoms with Gasteiger partial charge in [0.2, 0.25) is 5.95 Å². The molecule has 0 aliphatic heterocycles. The van der Waals surface area contributed by atoms with Crippen LogP contribution >= 0.6 is 0 Å². The normalized spacial score (nSPS) is 9.93. The highest BCUT2D eigenvalue weighted by Gasteiger charge is 1.98. The van der Waals surface area contributed by atoms with Crippen molar-refractivity contribution in [1.29, 1.82) is 0 Å². The molecule has 0 aliphatic carbocycles. The molecule has 76 valence electrons. The van der Waals surface area contributed by atoms with Gasteiger partial charge in [0.05, 0.1) is 0 Å². The Morgan fingerprint density at radius 2 is 2.00 bits per heavy atom. The first kappa shape index (κ1) is 9.45. The van der Waals surface area contributed by atoms with E-state index in [9.17, 15) is 0 Å². The molecule has 0 radical (unpaired) electrons. The Morgan fingerprint density at radius 3 is 2.73 bits per heavy atom. The second kappa shape index (κ2) is 3.96. The average Bonchev–Trinajstić information content (AvgIpc) is 2.22. The van der Waals surface area contributed by atoms with E-state index in [-0.39, 0.29) is 5.95 Å². The molecule has 0 fully saturated rings. The second-order valence-corrected chi connectivity index (χ2v) is 3.24. The van der Waals surface area contributed by atoms with Gasteiger partial charge in [-0.3, -0.25) is 0 Å². The van der Waals surface area contributed by atoms with E-state index in [0.29, 0.717) is 5.82 Å². The lowest BCUT2D eigenvalue weighted by Gasteiger charge is -2.07. The van der Waals surface area contributed by atoms with Gasteiger partial charge in [0.25, 0.3) is 0 Å². The van der Waals surface area contributed by atoms with E-state index in [4.69, 9.17) is 5.73 Å². The first-order chi connectivity index (χ1) is 7.25. The van der Waals surface area contributed by atoms with Gasteiger partial charge in [-0.15, -0.1) is 0 Å². The van der Waals surface area contributed by atoms with Crippen LogP contribution in [0, 0.1) is 6.92 Å². The van der Waals surface area contributed by atoms with E-state index >= 15 is 0 Å². The second-order valence-electron chi connectivity index (χ2n) is 3.24. The van der Waals surface area contributed by atoms with Crippen LogP contribution < -0.4 is 11.1 Å². The van der Waals surface area contributed by atoms with Crippen molar-refractivity contribution >= 4 is 17.5 Å². The molecule has 2 aromatic rings. The zero-order valence-electron chi connectivity index (χ0n) is 8.44. The number of nitrogens with zero attached hydrogens (tertiary/aromatic N) is 2. The number of para-hydroxylation sites is 1. The number of nitrogens with one attached hydrogen (secondary N) is 1. The molecule has 0 bridgehead atoms. The maximum absolute atomic E-state index is 5.49. The van der Waals surface area contributed by atoms with Crippen LogP contribution in [0.5, 0.6) is 0 Å². The maximum atomic E-state index is 5.49. The monoisotopic (exact) mass is 200 g/mol. The number of rotatable bonds is 2. The van der Waals surface area contributed by atoms with Crippen LogP contribution in [-0.4, -0.2) is 9.97 Å². The summed E-state index contributed by atoms with van der Waals surface area (Å²) in [4.78, 5) is 7.90. The summed E-state index contributed by atoms with van der Waals surface area (Å²) in [5.41, 5.74) is 7.67. The fourth-order valence-corrected chi connectivity index (χ4v) is 1.29. The highest BCUT2D eigenvalue weighted by molar-refractivity contribution is 5.60. The van der Waals surface area contributed by atoms with Gasteiger partial charge in [-0.05, 0) is 24.6 Å². The molecule has 1 aromatic carbocycles. The van der Waals surface area contributed by atoms with Gasteiger partial charge in [-0.2, -0.15) is 4.98 Å². The molecule has 4 nitrogen and oxygen atoms in total. The van der Waals surface area contributed by atoms with Crippen LogP contribution in [0.25, 0.3) is 0 Å². The number of aryl methyl sites for hydroxylation is 1. The Kier molecular flexibility index (Phi) is 2.49. The van der Waals surface area contributed by atoms with Crippen LogP contribution in [0.1, 0.15) is 5.56 Å². The number of benzene rings is 1. The third kappa shape index (κ3) is 2.22. The molecule has 0 saturated carbocycles. The summed E-state index contributed by atoms with van der Waals surface area (Å²) in [7, 11) is 0. The quantitative estimate of drug-likeness (QED) is 0.779. The zero-order chi connectivity index (χ0) is 10.7. The molecule has 0 spiro atoms. The summed E-state index contributed by atoms with van der Waals surface area (Å²) in [5, 5.41) is 3.18. The smallest absolute Gasteiger partial charge is 0.221 e. The van der Waals surface area contributed by atoms with Crippen molar-refractivity contribution in [1.82, 2.24) is 9.97 Å². The molecule has 0 aliphatic rings. The van der Waals surface area contributed by atoms with E-state index in [1.165, 1.54) is 0 Å². The van der Waals surface area contributed by atoms with E-state index in [1.807, 2.05) is 31.2 Å². The molecular weight excluding hydrogens is 188 g/mol. The predicted molar refractivity (Wildman–Crippen MR) is 60.9 cm³/mol. The maximum Gasteiger partial charge on any atom is 0.221 e. The summed E-state index contributed by atoms with van der Waals surface area (Å²) in [6.45, 7) is 2.03. The molecule has 2 rings (SSSR count). The Bertz CT molecular complexity index is 468. The Labute approximate surface area is 88.2 Å². The molecule has 3 N–H and O–H groups in total. The topological polar surface area (TPSA) is 63.8 Å². The number of anilines is 3. The number of hydrogen-bond donors (Lipinski definition) is 2. The van der Waals surface area contributed by atoms with Crippen LogP contribution in [0.3, 0.4) is 0 Å². The molecule has 0 amide bonds. The van der Waals surface area contributed by atoms with Crippen molar-refractivity contribution in [3.63, 3.8) is 0 Å². The summed E-state index contributed by atoms with van der Waals surface area (Å²) in [5.74, 6) is 0.977. The highest BCUT2D eigenvalue weighted by Crippen LogP contribution is 2.18. The summed E-state index contributed by atoms with van der Waals surface area (Å²) < 4.78 is 0. The van der Waals surface area contributed by atoms with Crippen molar-refractivity contribution in [2.45, 2.75) is 6.92 Å². The van der Waals surface area contributed by atoms with Gasteiger partial charge in [-0.1, -0.05) is 18.2 Å². The zero-order valence-corrected chi connectivity index (χ0v) is 8.44. The van der Waals surface area contributed by atoms with Crippen LogP contribution in [-0.2, 0) is 0 Å². The van der Waals surface area contributed by atoms with E-state index in [1.54, 1.807) is 12.3 Å². The van der Waals surface area contributed by atoms with Crippen molar-refractivity contribution in [3.05, 3.63) is 42.1 Å². The molecule has 15 heavy (non-hydrogen) atoms. The van der Waals surface area contributed by atoms with Gasteiger partial charge in [0.1, 0.15) is 5.82 Å². The van der Waals surface area contributed by atoms with Crippen molar-refractivity contribution in [2.24, 2.45) is 0 Å². The molecule has 1 aromatic heterocycles. The molecule has 1 heterocycles. The number of nitrogens with two attached hydrogens (primary N) is 1. The van der Waals surface area contributed by atoms with Gasteiger partial charge in [0, 0.05) is 11.9 Å². The summed E-state index contributed by atoms with van der Waals surface area (Å²) in [6, 6.07) is 9.78. The molecule has 0 saturated heterocycles. The SMILES string of the molecule is Cc1ccccc1Nc1ccnc(N)n1. The Balaban J connectivity index is 2.26. The minimum atomic E-state index is 0.272. The van der Waals surface area contributed by atoms with Crippen LogP contribution in [0.2, 0.25) is 0 Å². The van der Waals surface area contributed by atoms with Gasteiger partial charge >= 0.3 is 0 Å². The lowest BCUT2D eigenvalue weighted by Crippen LogP contribution is -1.99. The third-order valence-corrected chi connectivity index (χ3v) is 2.08. The molecular formula is C11H12N4. The van der Waals surface area contributed by atoms with Crippen LogP contribution in [0.4, 0.5) is 17.5 Å². The standard InChI is InChI=1S/C11H12N4/c1-8-4-2-3-5-9(8)14-10-6-7-13-11(12)15-10/h2-7H,1H3,(H3,12,13,14,15). The van der Waals surface area contributed by atoms with Crippen molar-refractivity contribution in [2.75, 3.05) is 11.1 Å². The van der Waals surface area contributed by atoms with Crippen LogP contribution in [0.15, 0.2) is 36.5 Å². The van der Waals surface area contributed by atoms with Gasteiger partial charge < -0.3 is 11.1 Å². The van der Waals surface area contributed by atoms with Gasteiger partial charge in [0.15, 0.2) is 0 Å². The largest absolute Gasteiger partial charge is 0.368 e. The van der Waals surface area contributed by atoms with Gasteiger partial charge in [-0.25, -0.2) is 4.98 Å². The number of aromatic nitrogens is 2. The lowest BCUT2D eigenvalue weighted by molar-refractivity contribution is 1.18. The fraction of sp³-hybridized carbons (Fsp3) is 0.0909. The van der Waals surface area contributed by atoms with E-state index < -0.39 is 0 Å². The minimum Gasteiger partial charge on any atom is -0.368 e. The fourth-order valence-electron chi connectivity index (χ4n) is 1.29. The number of hydrogen-bond acceptors (Lipinski definition) is 4.